The summed E-state index contributed by atoms with van der Waals surface area (Å²) in [5, 5.41) is 2.91. The average molecular weight is 486 g/mol. The van der Waals surface area contributed by atoms with E-state index in [0.29, 0.717) is 45.8 Å². The van der Waals surface area contributed by atoms with Crippen molar-refractivity contribution in [1.29, 1.82) is 0 Å². The highest BCUT2D eigenvalue weighted by Crippen LogP contribution is 2.15. The van der Waals surface area contributed by atoms with Gasteiger partial charge in [-0.05, 0) is 40.5 Å². The van der Waals surface area contributed by atoms with E-state index in [-0.39, 0.29) is 17.5 Å². The van der Waals surface area contributed by atoms with E-state index in [4.69, 9.17) is 14.2 Å². The summed E-state index contributed by atoms with van der Waals surface area (Å²) in [6.45, 7) is 10.8. The predicted molar refractivity (Wildman–Crippen MR) is 140 cm³/mol. The summed E-state index contributed by atoms with van der Waals surface area (Å²) in [7, 11) is 0. The molecule has 0 aromatic heterocycles. The Kier molecular flexibility index (Phi) is 22.8. The molecule has 0 bridgehead atoms. The first-order valence-electron chi connectivity index (χ1n) is 14.0. The number of nitrogens with one attached hydrogen (secondary N) is 1. The zero-order chi connectivity index (χ0) is 25.3. The summed E-state index contributed by atoms with van der Waals surface area (Å²) in [4.78, 5) is 23.4. The number of esters is 1. The van der Waals surface area contributed by atoms with Gasteiger partial charge in [0.15, 0.2) is 0 Å². The molecule has 0 aliphatic carbocycles. The van der Waals surface area contributed by atoms with Gasteiger partial charge in [-0.1, -0.05) is 77.0 Å². The fourth-order valence-corrected chi connectivity index (χ4v) is 3.78. The van der Waals surface area contributed by atoms with E-state index >= 15 is 0 Å². The van der Waals surface area contributed by atoms with Crippen molar-refractivity contribution in [3.8, 4) is 0 Å². The van der Waals surface area contributed by atoms with Crippen molar-refractivity contribution >= 4 is 11.9 Å². The Morgan fingerprint density at radius 2 is 1.06 bits per heavy atom. The van der Waals surface area contributed by atoms with Crippen molar-refractivity contribution in [2.24, 2.45) is 0 Å². The second-order valence-corrected chi connectivity index (χ2v) is 10.2. The van der Waals surface area contributed by atoms with Gasteiger partial charge in [0.05, 0.1) is 19.8 Å². The maximum Gasteiger partial charge on any atom is 0.306 e. The van der Waals surface area contributed by atoms with E-state index in [0.717, 1.165) is 25.7 Å². The first kappa shape index (κ1) is 32.9. The molecule has 0 aliphatic heterocycles. The normalized spacial score (nSPS) is 11.5. The lowest BCUT2D eigenvalue weighted by Gasteiger charge is -2.19. The van der Waals surface area contributed by atoms with Crippen LogP contribution in [0.15, 0.2) is 0 Å². The molecule has 0 spiro atoms. The highest BCUT2D eigenvalue weighted by Gasteiger charge is 2.15. The van der Waals surface area contributed by atoms with Gasteiger partial charge in [0.25, 0.3) is 0 Å². The van der Waals surface area contributed by atoms with E-state index in [1.54, 1.807) is 0 Å². The van der Waals surface area contributed by atoms with Gasteiger partial charge in [0, 0.05) is 26.0 Å². The number of carbonyl (C=O) groups is 2. The van der Waals surface area contributed by atoms with Crippen molar-refractivity contribution in [2.75, 3.05) is 33.0 Å². The summed E-state index contributed by atoms with van der Waals surface area (Å²) in [5.74, 6) is 0.0697. The number of carbonyl (C=O) groups excluding carboxylic acids is 2. The zero-order valence-corrected chi connectivity index (χ0v) is 22.9. The molecule has 0 rings (SSSR count). The maximum atomic E-state index is 11.8. The minimum Gasteiger partial charge on any atom is -0.460 e. The molecule has 0 heterocycles. The van der Waals surface area contributed by atoms with E-state index in [1.165, 1.54) is 64.2 Å². The van der Waals surface area contributed by atoms with Crippen LogP contribution in [0.4, 0.5) is 0 Å². The van der Waals surface area contributed by atoms with E-state index in [1.807, 2.05) is 27.7 Å². The van der Waals surface area contributed by atoms with Crippen LogP contribution in [0.3, 0.4) is 0 Å². The predicted octanol–water partition coefficient (Wildman–Crippen LogP) is 6.74. The zero-order valence-electron chi connectivity index (χ0n) is 22.9. The molecule has 0 fully saturated rings. The number of ether oxygens (including phenoxy) is 3. The van der Waals surface area contributed by atoms with Crippen LogP contribution in [0.25, 0.3) is 0 Å². The fourth-order valence-electron chi connectivity index (χ4n) is 3.78. The third-order valence-corrected chi connectivity index (χ3v) is 5.60. The van der Waals surface area contributed by atoms with Crippen molar-refractivity contribution in [1.82, 2.24) is 5.32 Å². The number of rotatable bonds is 24. The number of unbranched alkanes of at least 4 members (excludes halogenated alkanes) is 13. The molecule has 34 heavy (non-hydrogen) atoms. The Balaban J connectivity index is 3.21. The molecule has 1 amide bonds. The Hall–Kier alpha value is -1.14. The lowest BCUT2D eigenvalue weighted by Crippen LogP contribution is -2.27. The minimum atomic E-state index is -0.366. The van der Waals surface area contributed by atoms with Gasteiger partial charge in [-0.2, -0.15) is 0 Å². The third kappa shape index (κ3) is 27.1. The molecule has 0 aromatic rings. The SMILES string of the molecule is CCOCCOCCNC(=O)CCCCCCCCCCCCCCCCC(=O)OC(C)(C)C. The monoisotopic (exact) mass is 485 g/mol. The largest absolute Gasteiger partial charge is 0.460 e. The van der Waals surface area contributed by atoms with Gasteiger partial charge in [0.2, 0.25) is 5.91 Å². The third-order valence-electron chi connectivity index (χ3n) is 5.60. The number of hydrogen-bond acceptors (Lipinski definition) is 5. The van der Waals surface area contributed by atoms with Crippen LogP contribution in [0.1, 0.15) is 130 Å². The fraction of sp³-hybridized carbons (Fsp3) is 0.929. The topological polar surface area (TPSA) is 73.9 Å². The summed E-state index contributed by atoms with van der Waals surface area (Å²) in [6.07, 6.45) is 18.4. The van der Waals surface area contributed by atoms with Gasteiger partial charge in [0.1, 0.15) is 5.60 Å². The van der Waals surface area contributed by atoms with E-state index in [2.05, 4.69) is 5.32 Å². The molecule has 202 valence electrons. The summed E-state index contributed by atoms with van der Waals surface area (Å²) in [5.41, 5.74) is -0.366. The van der Waals surface area contributed by atoms with Gasteiger partial charge in [-0.25, -0.2) is 0 Å². The lowest BCUT2D eigenvalue weighted by molar-refractivity contribution is -0.154. The molecular weight excluding hydrogens is 430 g/mol. The molecule has 0 saturated carbocycles. The van der Waals surface area contributed by atoms with Crippen molar-refractivity contribution in [3.63, 3.8) is 0 Å². The van der Waals surface area contributed by atoms with Crippen molar-refractivity contribution < 1.29 is 23.8 Å². The number of hydrogen-bond donors (Lipinski definition) is 1. The Morgan fingerprint density at radius 3 is 1.53 bits per heavy atom. The quantitative estimate of drug-likeness (QED) is 0.121. The van der Waals surface area contributed by atoms with Gasteiger partial charge >= 0.3 is 5.97 Å². The molecule has 0 aromatic carbocycles. The molecule has 0 unspecified atom stereocenters. The van der Waals surface area contributed by atoms with Crippen LogP contribution in [0.5, 0.6) is 0 Å². The van der Waals surface area contributed by atoms with Crippen LogP contribution in [-0.4, -0.2) is 50.4 Å². The lowest BCUT2D eigenvalue weighted by atomic mass is 10.0. The molecule has 1 N–H and O–H groups in total. The molecule has 0 aliphatic rings. The molecule has 6 nitrogen and oxygen atoms in total. The van der Waals surface area contributed by atoms with Crippen molar-refractivity contribution in [3.05, 3.63) is 0 Å². The Labute approximate surface area is 210 Å². The first-order valence-corrected chi connectivity index (χ1v) is 14.0. The number of amides is 1. The standard InChI is InChI=1S/C28H55NO5/c1-5-32-24-25-33-23-22-29-26(30)20-18-16-14-12-10-8-6-7-9-11-13-15-17-19-21-27(31)34-28(2,3)4/h5-25H2,1-4H3,(H,29,30). The first-order chi connectivity index (χ1) is 16.3. The maximum absolute atomic E-state index is 11.8. The summed E-state index contributed by atoms with van der Waals surface area (Å²) >= 11 is 0. The van der Waals surface area contributed by atoms with E-state index < -0.39 is 0 Å². The Bertz CT molecular complexity index is 476. The second-order valence-electron chi connectivity index (χ2n) is 10.2. The molecule has 0 atom stereocenters. The van der Waals surface area contributed by atoms with Crippen LogP contribution in [0.2, 0.25) is 0 Å². The molecular formula is C28H55NO5. The Morgan fingerprint density at radius 1 is 0.618 bits per heavy atom. The molecule has 6 heteroatoms. The van der Waals surface area contributed by atoms with Crippen LogP contribution < -0.4 is 5.32 Å². The van der Waals surface area contributed by atoms with Gasteiger partial charge in [-0.3, -0.25) is 9.59 Å². The van der Waals surface area contributed by atoms with E-state index in [9.17, 15) is 9.59 Å². The second kappa shape index (κ2) is 23.6. The molecule has 0 radical (unpaired) electrons. The van der Waals surface area contributed by atoms with Crippen LogP contribution in [-0.2, 0) is 23.8 Å². The van der Waals surface area contributed by atoms with Crippen LogP contribution >= 0.6 is 0 Å². The highest BCUT2D eigenvalue weighted by molar-refractivity contribution is 5.75. The van der Waals surface area contributed by atoms with Crippen molar-refractivity contribution in [2.45, 2.75) is 136 Å². The smallest absolute Gasteiger partial charge is 0.306 e. The average Bonchev–Trinajstić information content (AvgIpc) is 2.77. The summed E-state index contributed by atoms with van der Waals surface area (Å²) in [6, 6.07) is 0. The summed E-state index contributed by atoms with van der Waals surface area (Å²) < 4.78 is 15.9. The highest BCUT2D eigenvalue weighted by atomic mass is 16.6. The minimum absolute atomic E-state index is 0.0659. The van der Waals surface area contributed by atoms with Gasteiger partial charge in [-0.15, -0.1) is 0 Å². The van der Waals surface area contributed by atoms with Crippen LogP contribution in [0, 0.1) is 0 Å². The molecule has 0 saturated heterocycles. The van der Waals surface area contributed by atoms with Gasteiger partial charge < -0.3 is 19.5 Å².